The zero-order chi connectivity index (χ0) is 13.0. The summed E-state index contributed by atoms with van der Waals surface area (Å²) in [6, 6.07) is 5.61. The van der Waals surface area contributed by atoms with Gasteiger partial charge in [-0.1, -0.05) is 29.3 Å². The van der Waals surface area contributed by atoms with Crippen LogP contribution in [0.2, 0.25) is 10.0 Å². The van der Waals surface area contributed by atoms with Crippen LogP contribution in [-0.2, 0) is 4.74 Å². The molecule has 1 unspecified atom stereocenters. The molecule has 0 spiro atoms. The van der Waals surface area contributed by atoms with E-state index in [-0.39, 0.29) is 6.04 Å². The Morgan fingerprint density at radius 2 is 2.06 bits per heavy atom. The number of rotatable bonds is 4. The summed E-state index contributed by atoms with van der Waals surface area (Å²) in [6.45, 7) is 1.69. The third-order valence-electron chi connectivity index (χ3n) is 3.45. The van der Waals surface area contributed by atoms with Crippen molar-refractivity contribution >= 4 is 23.2 Å². The standard InChI is InChI=1S/C13H18Cl2N2O/c14-10-1-2-11(12(15)8-10)13(17-16)7-9-3-5-18-6-4-9/h1-2,8-9,13,17H,3-7,16H2. The number of hydrogen-bond donors (Lipinski definition) is 2. The van der Waals surface area contributed by atoms with Crippen LogP contribution in [0.5, 0.6) is 0 Å². The smallest absolute Gasteiger partial charge is 0.0477 e. The Labute approximate surface area is 118 Å². The van der Waals surface area contributed by atoms with Gasteiger partial charge in [-0.25, -0.2) is 0 Å². The quantitative estimate of drug-likeness (QED) is 0.660. The van der Waals surface area contributed by atoms with Gasteiger partial charge < -0.3 is 4.74 Å². The molecule has 1 heterocycles. The van der Waals surface area contributed by atoms with Gasteiger partial charge in [-0.05, 0) is 42.9 Å². The van der Waals surface area contributed by atoms with Gasteiger partial charge in [0, 0.05) is 29.3 Å². The molecule has 1 atom stereocenters. The maximum Gasteiger partial charge on any atom is 0.0477 e. The van der Waals surface area contributed by atoms with Crippen molar-refractivity contribution in [3.63, 3.8) is 0 Å². The molecule has 100 valence electrons. The maximum absolute atomic E-state index is 6.22. The monoisotopic (exact) mass is 288 g/mol. The van der Waals surface area contributed by atoms with E-state index in [9.17, 15) is 0 Å². The minimum Gasteiger partial charge on any atom is -0.381 e. The zero-order valence-corrected chi connectivity index (χ0v) is 11.7. The van der Waals surface area contributed by atoms with Crippen LogP contribution in [0.4, 0.5) is 0 Å². The number of nitrogens with two attached hydrogens (primary N) is 1. The first-order valence-electron chi connectivity index (χ1n) is 6.19. The predicted octanol–water partition coefficient (Wildman–Crippen LogP) is 3.31. The summed E-state index contributed by atoms with van der Waals surface area (Å²) in [4.78, 5) is 0. The Kier molecular flexibility index (Phi) is 5.27. The fourth-order valence-electron chi connectivity index (χ4n) is 2.38. The van der Waals surface area contributed by atoms with E-state index in [1.165, 1.54) is 0 Å². The first-order chi connectivity index (χ1) is 8.70. The van der Waals surface area contributed by atoms with E-state index in [1.54, 1.807) is 6.07 Å². The van der Waals surface area contributed by atoms with Gasteiger partial charge in [0.15, 0.2) is 0 Å². The van der Waals surface area contributed by atoms with Crippen LogP contribution in [0.1, 0.15) is 30.9 Å². The average Bonchev–Trinajstić information content (AvgIpc) is 2.38. The molecule has 0 saturated carbocycles. The van der Waals surface area contributed by atoms with Crippen molar-refractivity contribution in [3.05, 3.63) is 33.8 Å². The van der Waals surface area contributed by atoms with Gasteiger partial charge in [0.1, 0.15) is 0 Å². The molecule has 2 rings (SSSR count). The second-order valence-electron chi connectivity index (χ2n) is 4.68. The van der Waals surface area contributed by atoms with Crippen LogP contribution < -0.4 is 11.3 Å². The first kappa shape index (κ1) is 14.1. The van der Waals surface area contributed by atoms with Gasteiger partial charge in [0.25, 0.3) is 0 Å². The molecule has 0 aromatic heterocycles. The summed E-state index contributed by atoms with van der Waals surface area (Å²) < 4.78 is 5.36. The number of halogens is 2. The van der Waals surface area contributed by atoms with Crippen LogP contribution in [0.15, 0.2) is 18.2 Å². The van der Waals surface area contributed by atoms with Crippen LogP contribution in [0, 0.1) is 5.92 Å². The normalized spacial score (nSPS) is 18.8. The largest absolute Gasteiger partial charge is 0.381 e. The Hall–Kier alpha value is -0.320. The molecular formula is C13H18Cl2N2O. The molecule has 3 N–H and O–H groups in total. The lowest BCUT2D eigenvalue weighted by molar-refractivity contribution is 0.0605. The van der Waals surface area contributed by atoms with Gasteiger partial charge in [0.2, 0.25) is 0 Å². The third-order valence-corrected chi connectivity index (χ3v) is 4.01. The molecule has 1 aromatic rings. The molecular weight excluding hydrogens is 271 g/mol. The second-order valence-corrected chi connectivity index (χ2v) is 5.52. The molecule has 1 aliphatic heterocycles. The summed E-state index contributed by atoms with van der Waals surface area (Å²) >= 11 is 12.1. The van der Waals surface area contributed by atoms with E-state index < -0.39 is 0 Å². The summed E-state index contributed by atoms with van der Waals surface area (Å²) in [6.07, 6.45) is 3.15. The van der Waals surface area contributed by atoms with Crippen LogP contribution in [0.25, 0.3) is 0 Å². The lowest BCUT2D eigenvalue weighted by Gasteiger charge is -2.27. The van der Waals surface area contributed by atoms with Gasteiger partial charge in [-0.3, -0.25) is 11.3 Å². The Morgan fingerprint density at radius 3 is 2.67 bits per heavy atom. The average molecular weight is 289 g/mol. The summed E-state index contributed by atoms with van der Waals surface area (Å²) in [7, 11) is 0. The molecule has 1 aromatic carbocycles. The van der Waals surface area contributed by atoms with E-state index in [1.807, 2.05) is 12.1 Å². The molecule has 1 saturated heterocycles. The number of ether oxygens (including phenoxy) is 1. The Morgan fingerprint density at radius 1 is 1.33 bits per heavy atom. The van der Waals surface area contributed by atoms with E-state index in [0.717, 1.165) is 38.0 Å². The number of benzene rings is 1. The van der Waals surface area contributed by atoms with Crippen molar-refractivity contribution in [2.45, 2.75) is 25.3 Å². The third kappa shape index (κ3) is 3.59. The molecule has 18 heavy (non-hydrogen) atoms. The molecule has 1 aliphatic rings. The van der Waals surface area contributed by atoms with E-state index >= 15 is 0 Å². The van der Waals surface area contributed by atoms with Crippen molar-refractivity contribution in [3.8, 4) is 0 Å². The highest BCUT2D eigenvalue weighted by Crippen LogP contribution is 2.32. The highest BCUT2D eigenvalue weighted by atomic mass is 35.5. The maximum atomic E-state index is 6.22. The number of hydrogen-bond acceptors (Lipinski definition) is 3. The van der Waals surface area contributed by atoms with Gasteiger partial charge >= 0.3 is 0 Å². The zero-order valence-electron chi connectivity index (χ0n) is 10.2. The highest BCUT2D eigenvalue weighted by Gasteiger charge is 2.21. The SMILES string of the molecule is NNC(CC1CCOCC1)c1ccc(Cl)cc1Cl. The van der Waals surface area contributed by atoms with Crippen molar-refractivity contribution in [1.29, 1.82) is 0 Å². The molecule has 0 bridgehead atoms. The fraction of sp³-hybridized carbons (Fsp3) is 0.538. The summed E-state index contributed by atoms with van der Waals surface area (Å²) in [5.74, 6) is 6.29. The lowest BCUT2D eigenvalue weighted by Crippen LogP contribution is -2.31. The van der Waals surface area contributed by atoms with Crippen molar-refractivity contribution < 1.29 is 4.74 Å². The summed E-state index contributed by atoms with van der Waals surface area (Å²) in [5, 5.41) is 1.31. The molecule has 1 fully saturated rings. The Bertz CT molecular complexity index is 395. The van der Waals surface area contributed by atoms with Crippen LogP contribution in [0.3, 0.4) is 0 Å². The molecule has 0 radical (unpaired) electrons. The first-order valence-corrected chi connectivity index (χ1v) is 6.95. The van der Waals surface area contributed by atoms with Crippen molar-refractivity contribution in [2.24, 2.45) is 11.8 Å². The van der Waals surface area contributed by atoms with E-state index in [2.05, 4.69) is 5.43 Å². The van der Waals surface area contributed by atoms with E-state index in [0.29, 0.717) is 16.0 Å². The van der Waals surface area contributed by atoms with Crippen molar-refractivity contribution in [2.75, 3.05) is 13.2 Å². The predicted molar refractivity (Wildman–Crippen MR) is 74.7 cm³/mol. The highest BCUT2D eigenvalue weighted by molar-refractivity contribution is 6.35. The fourth-order valence-corrected chi connectivity index (χ4v) is 2.92. The summed E-state index contributed by atoms with van der Waals surface area (Å²) in [5.41, 5.74) is 3.87. The van der Waals surface area contributed by atoms with E-state index in [4.69, 9.17) is 33.8 Å². The van der Waals surface area contributed by atoms with Crippen LogP contribution in [-0.4, -0.2) is 13.2 Å². The van der Waals surface area contributed by atoms with Gasteiger partial charge in [-0.15, -0.1) is 0 Å². The minimum absolute atomic E-state index is 0.0675. The van der Waals surface area contributed by atoms with Crippen molar-refractivity contribution in [1.82, 2.24) is 5.43 Å². The topological polar surface area (TPSA) is 47.3 Å². The van der Waals surface area contributed by atoms with Crippen LogP contribution >= 0.6 is 23.2 Å². The lowest BCUT2D eigenvalue weighted by atomic mass is 9.90. The number of hydrazine groups is 1. The number of nitrogens with one attached hydrogen (secondary N) is 1. The van der Waals surface area contributed by atoms with Gasteiger partial charge in [-0.2, -0.15) is 0 Å². The second kappa shape index (κ2) is 6.73. The molecule has 5 heteroatoms. The minimum atomic E-state index is 0.0675. The molecule has 0 aliphatic carbocycles. The van der Waals surface area contributed by atoms with Gasteiger partial charge in [0.05, 0.1) is 0 Å². The molecule has 3 nitrogen and oxygen atoms in total. The Balaban J connectivity index is 2.07. The molecule has 0 amide bonds.